The van der Waals surface area contributed by atoms with Gasteiger partial charge in [0, 0.05) is 17.0 Å². The molecule has 22 heavy (non-hydrogen) atoms. The highest BCUT2D eigenvalue weighted by atomic mass is 32.2. The maximum atomic E-state index is 12.3. The van der Waals surface area contributed by atoms with E-state index in [1.807, 2.05) is 6.92 Å². The van der Waals surface area contributed by atoms with Crippen LogP contribution in [0, 0.1) is 0 Å². The van der Waals surface area contributed by atoms with E-state index in [9.17, 15) is 18.0 Å². The van der Waals surface area contributed by atoms with Crippen molar-refractivity contribution in [3.63, 3.8) is 0 Å². The van der Waals surface area contributed by atoms with Crippen LogP contribution in [0.15, 0.2) is 33.7 Å². The fourth-order valence-corrected chi connectivity index (χ4v) is 3.38. The first kappa shape index (κ1) is 15.0. The first-order valence-corrected chi connectivity index (χ1v) is 7.22. The average molecular weight is 331 g/mol. The second kappa shape index (κ2) is 5.10. The van der Waals surface area contributed by atoms with E-state index in [1.54, 1.807) is 0 Å². The number of nitrogens with two attached hydrogens (primary N) is 1. The summed E-state index contributed by atoms with van der Waals surface area (Å²) in [6.07, 6.45) is -4.19. The zero-order valence-corrected chi connectivity index (χ0v) is 12.2. The number of nitrogens with zero attached hydrogens (tertiary/aromatic N) is 1. The fourth-order valence-electron chi connectivity index (χ4n) is 2.31. The quantitative estimate of drug-likeness (QED) is 0.612. The molecule has 0 bridgehead atoms. The van der Waals surface area contributed by atoms with E-state index in [0.29, 0.717) is 21.9 Å². The lowest BCUT2D eigenvalue weighted by Gasteiger charge is -2.35. The molecule has 1 unspecified atom stereocenters. The number of nitrogens with one attached hydrogen (secondary N) is 1. The summed E-state index contributed by atoms with van der Waals surface area (Å²) in [5, 5.41) is 4.22. The third-order valence-corrected chi connectivity index (χ3v) is 4.54. The molecule has 3 N–H and O–H groups in total. The molecule has 2 aliphatic rings. The van der Waals surface area contributed by atoms with Crippen LogP contribution in [-0.2, 0) is 4.79 Å². The van der Waals surface area contributed by atoms with E-state index < -0.39 is 6.36 Å². The van der Waals surface area contributed by atoms with Crippen LogP contribution in [0.1, 0.15) is 13.3 Å². The molecule has 5 nitrogen and oxygen atoms in total. The molecule has 1 atom stereocenters. The van der Waals surface area contributed by atoms with Crippen LogP contribution < -0.4 is 15.9 Å². The molecule has 0 saturated carbocycles. The van der Waals surface area contributed by atoms with E-state index >= 15 is 0 Å². The van der Waals surface area contributed by atoms with Crippen molar-refractivity contribution >= 4 is 23.4 Å². The monoisotopic (exact) mass is 331 g/mol. The minimum absolute atomic E-state index is 0.145. The maximum absolute atomic E-state index is 12.3. The lowest BCUT2D eigenvalue weighted by Crippen LogP contribution is -2.48. The summed E-state index contributed by atoms with van der Waals surface area (Å²) in [7, 11) is 0. The number of thioether (sulfide) groups is 1. The predicted octanol–water partition coefficient (Wildman–Crippen LogP) is 2.81. The highest BCUT2D eigenvalue weighted by Crippen LogP contribution is 2.45. The SMILES string of the molecule is CC1CC2=C(Sc3cc(OC(F)(F)F)ccc3N2)C(=O)N1N. The van der Waals surface area contributed by atoms with Gasteiger partial charge in [-0.3, -0.25) is 9.80 Å². The fraction of sp³-hybridized carbons (Fsp3) is 0.308. The number of rotatable bonds is 1. The normalized spacial score (nSPS) is 21.2. The van der Waals surface area contributed by atoms with Gasteiger partial charge in [-0.25, -0.2) is 5.84 Å². The molecule has 0 spiro atoms. The van der Waals surface area contributed by atoms with Gasteiger partial charge in [0.05, 0.1) is 16.6 Å². The third-order valence-electron chi connectivity index (χ3n) is 3.36. The Balaban J connectivity index is 1.90. The summed E-state index contributed by atoms with van der Waals surface area (Å²) < 4.78 is 40.7. The van der Waals surface area contributed by atoms with E-state index in [-0.39, 0.29) is 17.7 Å². The number of hydrogen-bond donors (Lipinski definition) is 2. The van der Waals surface area contributed by atoms with Crippen molar-refractivity contribution < 1.29 is 22.7 Å². The zero-order valence-electron chi connectivity index (χ0n) is 11.4. The van der Waals surface area contributed by atoms with Gasteiger partial charge in [-0.15, -0.1) is 13.2 Å². The van der Waals surface area contributed by atoms with Crippen molar-refractivity contribution in [2.75, 3.05) is 5.32 Å². The summed E-state index contributed by atoms with van der Waals surface area (Å²) in [5.74, 6) is 5.02. The Labute approximate surface area is 128 Å². The maximum Gasteiger partial charge on any atom is 0.573 e. The molecule has 1 aromatic rings. The van der Waals surface area contributed by atoms with Crippen molar-refractivity contribution in [1.82, 2.24) is 5.01 Å². The largest absolute Gasteiger partial charge is 0.573 e. The van der Waals surface area contributed by atoms with Crippen LogP contribution >= 0.6 is 11.8 Å². The number of amides is 1. The van der Waals surface area contributed by atoms with Crippen LogP contribution in [0.2, 0.25) is 0 Å². The number of fused-ring (bicyclic) bond motifs is 1. The van der Waals surface area contributed by atoms with Gasteiger partial charge in [0.2, 0.25) is 0 Å². The second-order valence-electron chi connectivity index (χ2n) is 5.01. The van der Waals surface area contributed by atoms with Gasteiger partial charge in [-0.1, -0.05) is 11.8 Å². The van der Waals surface area contributed by atoms with Gasteiger partial charge in [0.1, 0.15) is 5.75 Å². The molecule has 1 amide bonds. The van der Waals surface area contributed by atoms with Gasteiger partial charge in [-0.05, 0) is 25.1 Å². The molecule has 2 heterocycles. The molecule has 118 valence electrons. The molecule has 1 aromatic carbocycles. The van der Waals surface area contributed by atoms with Crippen LogP contribution in [0.3, 0.4) is 0 Å². The van der Waals surface area contributed by atoms with E-state index in [1.165, 1.54) is 18.2 Å². The first-order valence-electron chi connectivity index (χ1n) is 6.40. The number of hydrazine groups is 1. The Bertz CT molecular complexity index is 675. The molecular weight excluding hydrogens is 319 g/mol. The Kier molecular flexibility index (Phi) is 3.48. The number of hydrogen-bond acceptors (Lipinski definition) is 5. The number of alkyl halides is 3. The molecular formula is C13H12F3N3O2S. The van der Waals surface area contributed by atoms with Crippen molar-refractivity contribution in [2.45, 2.75) is 30.6 Å². The lowest BCUT2D eigenvalue weighted by molar-refractivity contribution is -0.274. The highest BCUT2D eigenvalue weighted by molar-refractivity contribution is 8.04. The number of ether oxygens (including phenoxy) is 1. The number of halogens is 3. The second-order valence-corrected chi connectivity index (χ2v) is 6.06. The molecule has 0 aliphatic carbocycles. The summed E-state index contributed by atoms with van der Waals surface area (Å²) in [6, 6.07) is 3.83. The highest BCUT2D eigenvalue weighted by Gasteiger charge is 2.35. The minimum atomic E-state index is -4.75. The minimum Gasteiger partial charge on any atom is -0.406 e. The van der Waals surface area contributed by atoms with Gasteiger partial charge in [0.15, 0.2) is 0 Å². The molecule has 0 saturated heterocycles. The molecule has 2 aliphatic heterocycles. The summed E-state index contributed by atoms with van der Waals surface area (Å²) in [5.41, 5.74) is 1.38. The molecule has 9 heteroatoms. The van der Waals surface area contributed by atoms with Crippen molar-refractivity contribution in [3.8, 4) is 5.75 Å². The summed E-state index contributed by atoms with van der Waals surface area (Å²) >= 11 is 1.09. The predicted molar refractivity (Wildman–Crippen MR) is 74.7 cm³/mol. The third kappa shape index (κ3) is 2.73. The average Bonchev–Trinajstić information content (AvgIpc) is 2.42. The molecule has 0 fully saturated rings. The Morgan fingerprint density at radius 3 is 2.86 bits per heavy atom. The van der Waals surface area contributed by atoms with Crippen molar-refractivity contribution in [2.24, 2.45) is 5.84 Å². The Morgan fingerprint density at radius 2 is 2.18 bits per heavy atom. The first-order chi connectivity index (χ1) is 10.2. The van der Waals surface area contributed by atoms with Crippen LogP contribution in [0.25, 0.3) is 0 Å². The Hall–Kier alpha value is -1.87. The molecule has 3 rings (SSSR count). The summed E-state index contributed by atoms with van der Waals surface area (Å²) in [4.78, 5) is 13.0. The smallest absolute Gasteiger partial charge is 0.406 e. The molecule has 0 aromatic heterocycles. The van der Waals surface area contributed by atoms with Gasteiger partial charge >= 0.3 is 6.36 Å². The number of benzene rings is 1. The number of carbonyl (C=O) groups excluding carboxylic acids is 1. The van der Waals surface area contributed by atoms with Gasteiger partial charge < -0.3 is 10.1 Å². The van der Waals surface area contributed by atoms with Crippen LogP contribution in [0.4, 0.5) is 18.9 Å². The lowest BCUT2D eigenvalue weighted by atomic mass is 10.1. The number of anilines is 1. The van der Waals surface area contributed by atoms with Gasteiger partial charge in [-0.2, -0.15) is 0 Å². The van der Waals surface area contributed by atoms with Gasteiger partial charge in [0.25, 0.3) is 5.91 Å². The molecule has 0 radical (unpaired) electrons. The summed E-state index contributed by atoms with van der Waals surface area (Å²) in [6.45, 7) is 1.82. The van der Waals surface area contributed by atoms with Crippen molar-refractivity contribution in [1.29, 1.82) is 0 Å². The number of carbonyl (C=O) groups is 1. The van der Waals surface area contributed by atoms with E-state index in [0.717, 1.165) is 22.5 Å². The van der Waals surface area contributed by atoms with E-state index in [4.69, 9.17) is 5.84 Å². The van der Waals surface area contributed by atoms with E-state index in [2.05, 4.69) is 10.1 Å². The Morgan fingerprint density at radius 1 is 1.45 bits per heavy atom. The topological polar surface area (TPSA) is 67.6 Å². The zero-order chi connectivity index (χ0) is 16.1. The van der Waals surface area contributed by atoms with Crippen molar-refractivity contribution in [3.05, 3.63) is 28.8 Å². The standard InChI is InChI=1S/C13H12F3N3O2S/c1-6-4-9-11(12(20)19(6)17)22-10-5-7(21-13(14,15)16)2-3-8(10)18-9/h2-3,5-6,18H,4,17H2,1H3. The van der Waals surface area contributed by atoms with Crippen LogP contribution in [-0.4, -0.2) is 23.3 Å². The van der Waals surface area contributed by atoms with Crippen LogP contribution in [0.5, 0.6) is 5.75 Å².